The summed E-state index contributed by atoms with van der Waals surface area (Å²) in [6.45, 7) is 3.67. The minimum atomic E-state index is 0. The average molecular weight is 370 g/mol. The zero-order chi connectivity index (χ0) is 15.4. The summed E-state index contributed by atoms with van der Waals surface area (Å²) in [6, 6.07) is 11.3. The Kier molecular flexibility index (Phi) is 7.98. The Labute approximate surface area is 154 Å². The fraction of sp³-hybridized carbons (Fsp3) is 0.294. The second-order valence-electron chi connectivity index (χ2n) is 5.48. The molecule has 1 aliphatic rings. The maximum absolute atomic E-state index is 12.0. The van der Waals surface area contributed by atoms with Crippen LogP contribution in [0.15, 0.2) is 42.6 Å². The lowest BCUT2D eigenvalue weighted by molar-refractivity contribution is -0.119. The number of halogens is 2. The molecule has 1 fully saturated rings. The molecule has 3 rings (SSSR count). The first kappa shape index (κ1) is 20.2. The van der Waals surface area contributed by atoms with Gasteiger partial charge in [-0.05, 0) is 38.1 Å². The minimum absolute atomic E-state index is 0. The summed E-state index contributed by atoms with van der Waals surface area (Å²) in [7, 11) is 0. The number of nitrogens with one attached hydrogen (secondary N) is 2. The Morgan fingerprint density at radius 1 is 1.21 bits per heavy atom. The van der Waals surface area contributed by atoms with Crippen LogP contribution in [-0.2, 0) is 4.79 Å². The number of amides is 1. The van der Waals surface area contributed by atoms with E-state index in [1.807, 2.05) is 31.2 Å². The van der Waals surface area contributed by atoms with Gasteiger partial charge in [-0.2, -0.15) is 0 Å². The number of pyridine rings is 1. The Bertz CT molecular complexity index is 642. The van der Waals surface area contributed by atoms with Crippen molar-refractivity contribution in [3.63, 3.8) is 0 Å². The van der Waals surface area contributed by atoms with Gasteiger partial charge in [0.1, 0.15) is 5.75 Å². The van der Waals surface area contributed by atoms with Gasteiger partial charge in [0.25, 0.3) is 0 Å². The number of aromatic nitrogens is 1. The highest BCUT2D eigenvalue weighted by molar-refractivity contribution is 5.92. The van der Waals surface area contributed by atoms with E-state index in [2.05, 4.69) is 15.6 Å². The summed E-state index contributed by atoms with van der Waals surface area (Å²) in [6.07, 6.45) is 2.50. The van der Waals surface area contributed by atoms with Crippen LogP contribution in [0.25, 0.3) is 0 Å². The molecular weight excluding hydrogens is 349 g/mol. The average Bonchev–Trinajstić information content (AvgIpc) is 3.06. The molecule has 1 aliphatic heterocycles. The fourth-order valence-corrected chi connectivity index (χ4v) is 2.36. The van der Waals surface area contributed by atoms with E-state index >= 15 is 0 Å². The summed E-state index contributed by atoms with van der Waals surface area (Å²) in [5.41, 5.74) is 1.87. The van der Waals surface area contributed by atoms with Crippen LogP contribution >= 0.6 is 24.8 Å². The SMILES string of the molecule is Cc1ccc(Oc2ccc(NC(=O)C3CCNC3)cn2)cc1.Cl.Cl. The van der Waals surface area contributed by atoms with Crippen molar-refractivity contribution >= 4 is 36.4 Å². The second-order valence-corrected chi connectivity index (χ2v) is 5.48. The molecule has 0 aliphatic carbocycles. The molecule has 24 heavy (non-hydrogen) atoms. The molecule has 1 amide bonds. The lowest BCUT2D eigenvalue weighted by atomic mass is 10.1. The van der Waals surface area contributed by atoms with Crippen LogP contribution in [0, 0.1) is 12.8 Å². The van der Waals surface area contributed by atoms with E-state index in [0.29, 0.717) is 11.6 Å². The van der Waals surface area contributed by atoms with E-state index < -0.39 is 0 Å². The van der Waals surface area contributed by atoms with E-state index in [1.165, 1.54) is 5.56 Å². The van der Waals surface area contributed by atoms with Crippen molar-refractivity contribution in [1.29, 1.82) is 0 Å². The van der Waals surface area contributed by atoms with Crippen molar-refractivity contribution in [2.45, 2.75) is 13.3 Å². The van der Waals surface area contributed by atoms with Gasteiger partial charge in [-0.1, -0.05) is 17.7 Å². The Morgan fingerprint density at radius 2 is 1.96 bits per heavy atom. The molecule has 0 radical (unpaired) electrons. The van der Waals surface area contributed by atoms with Gasteiger partial charge in [-0.15, -0.1) is 24.8 Å². The summed E-state index contributed by atoms with van der Waals surface area (Å²) in [4.78, 5) is 16.2. The Hall–Kier alpha value is -1.82. The zero-order valence-corrected chi connectivity index (χ0v) is 15.0. The molecule has 5 nitrogen and oxygen atoms in total. The van der Waals surface area contributed by atoms with Crippen molar-refractivity contribution in [3.05, 3.63) is 48.2 Å². The largest absolute Gasteiger partial charge is 0.439 e. The number of ether oxygens (including phenoxy) is 1. The third-order valence-corrected chi connectivity index (χ3v) is 3.68. The van der Waals surface area contributed by atoms with Crippen LogP contribution in [0.2, 0.25) is 0 Å². The molecule has 1 atom stereocenters. The van der Waals surface area contributed by atoms with Gasteiger partial charge < -0.3 is 15.4 Å². The predicted molar refractivity (Wildman–Crippen MR) is 99.6 cm³/mol. The topological polar surface area (TPSA) is 63.2 Å². The minimum Gasteiger partial charge on any atom is -0.439 e. The van der Waals surface area contributed by atoms with Crippen LogP contribution in [0.1, 0.15) is 12.0 Å². The van der Waals surface area contributed by atoms with Crippen LogP contribution in [0.4, 0.5) is 5.69 Å². The van der Waals surface area contributed by atoms with Crippen LogP contribution < -0.4 is 15.4 Å². The third kappa shape index (κ3) is 5.37. The number of hydrogen-bond donors (Lipinski definition) is 2. The predicted octanol–water partition coefficient (Wildman–Crippen LogP) is 3.57. The highest BCUT2D eigenvalue weighted by atomic mass is 35.5. The number of rotatable bonds is 4. The van der Waals surface area contributed by atoms with E-state index in [1.54, 1.807) is 18.3 Å². The molecule has 1 aromatic heterocycles. The Balaban J connectivity index is 0.00000144. The van der Waals surface area contributed by atoms with Crippen LogP contribution in [0.3, 0.4) is 0 Å². The van der Waals surface area contributed by atoms with Gasteiger partial charge in [0.2, 0.25) is 11.8 Å². The summed E-state index contributed by atoms with van der Waals surface area (Å²) < 4.78 is 5.66. The van der Waals surface area contributed by atoms with Gasteiger partial charge in [0.15, 0.2) is 0 Å². The van der Waals surface area contributed by atoms with Gasteiger partial charge >= 0.3 is 0 Å². The molecule has 1 aromatic carbocycles. The quantitative estimate of drug-likeness (QED) is 0.864. The van der Waals surface area contributed by atoms with Crippen LogP contribution in [-0.4, -0.2) is 24.0 Å². The molecule has 0 spiro atoms. The van der Waals surface area contributed by atoms with Crippen molar-refractivity contribution in [2.24, 2.45) is 5.92 Å². The van der Waals surface area contributed by atoms with Gasteiger partial charge in [-0.3, -0.25) is 4.79 Å². The number of carbonyl (C=O) groups excluding carboxylic acids is 1. The summed E-state index contributed by atoms with van der Waals surface area (Å²) in [5.74, 6) is 1.33. The molecule has 0 bridgehead atoms. The molecule has 0 saturated carbocycles. The van der Waals surface area contributed by atoms with Crippen molar-refractivity contribution < 1.29 is 9.53 Å². The fourth-order valence-electron chi connectivity index (χ4n) is 2.36. The normalized spacial score (nSPS) is 15.8. The first-order chi connectivity index (χ1) is 10.7. The number of carbonyl (C=O) groups is 1. The number of benzene rings is 1. The molecule has 130 valence electrons. The molecule has 2 N–H and O–H groups in total. The lowest BCUT2D eigenvalue weighted by Gasteiger charge is -2.10. The van der Waals surface area contributed by atoms with Crippen molar-refractivity contribution in [3.8, 4) is 11.6 Å². The molecule has 1 saturated heterocycles. The van der Waals surface area contributed by atoms with Gasteiger partial charge in [-0.25, -0.2) is 4.98 Å². The molecule has 1 unspecified atom stereocenters. The van der Waals surface area contributed by atoms with Crippen LogP contribution in [0.5, 0.6) is 11.6 Å². The number of anilines is 1. The van der Waals surface area contributed by atoms with Crippen molar-refractivity contribution in [2.75, 3.05) is 18.4 Å². The third-order valence-electron chi connectivity index (χ3n) is 3.68. The van der Waals surface area contributed by atoms with Gasteiger partial charge in [0, 0.05) is 12.6 Å². The summed E-state index contributed by atoms with van der Waals surface area (Å²) in [5, 5.41) is 6.07. The first-order valence-corrected chi connectivity index (χ1v) is 7.43. The van der Waals surface area contributed by atoms with Gasteiger partial charge in [0.05, 0.1) is 17.8 Å². The van der Waals surface area contributed by atoms with Crippen molar-refractivity contribution in [1.82, 2.24) is 10.3 Å². The zero-order valence-electron chi connectivity index (χ0n) is 13.3. The van der Waals surface area contributed by atoms with E-state index in [-0.39, 0.29) is 36.6 Å². The number of nitrogens with zero attached hydrogens (tertiary/aromatic N) is 1. The number of aryl methyl sites for hydroxylation is 1. The van der Waals surface area contributed by atoms with E-state index in [4.69, 9.17) is 4.74 Å². The lowest BCUT2D eigenvalue weighted by Crippen LogP contribution is -2.24. The highest BCUT2D eigenvalue weighted by Crippen LogP contribution is 2.21. The number of hydrogen-bond acceptors (Lipinski definition) is 4. The Morgan fingerprint density at radius 3 is 2.54 bits per heavy atom. The maximum atomic E-state index is 12.0. The molecule has 7 heteroatoms. The maximum Gasteiger partial charge on any atom is 0.228 e. The standard InChI is InChI=1S/C17H19N3O2.2ClH/c1-12-2-5-15(6-3-12)22-16-7-4-14(11-19-16)20-17(21)13-8-9-18-10-13;;/h2-7,11,13,18H,8-10H2,1H3,(H,20,21);2*1H. The van der Waals surface area contributed by atoms with E-state index in [9.17, 15) is 4.79 Å². The molecule has 2 heterocycles. The monoisotopic (exact) mass is 369 g/mol. The highest BCUT2D eigenvalue weighted by Gasteiger charge is 2.22. The smallest absolute Gasteiger partial charge is 0.228 e. The second kappa shape index (κ2) is 9.47. The summed E-state index contributed by atoms with van der Waals surface area (Å²) >= 11 is 0. The molecular formula is C17H21Cl2N3O2. The van der Waals surface area contributed by atoms with E-state index in [0.717, 1.165) is 25.3 Å². The molecule has 2 aromatic rings. The first-order valence-electron chi connectivity index (χ1n) is 7.43.